The molecule has 2 heterocycles. The molecule has 0 radical (unpaired) electrons. The van der Waals surface area contributed by atoms with E-state index in [0.29, 0.717) is 10.9 Å². The normalized spacial score (nSPS) is 15.1. The lowest BCUT2D eigenvalue weighted by molar-refractivity contribution is 0.102. The summed E-state index contributed by atoms with van der Waals surface area (Å²) in [5.74, 6) is -0.241. The van der Waals surface area contributed by atoms with Crippen molar-refractivity contribution in [2.24, 2.45) is 7.05 Å². The van der Waals surface area contributed by atoms with Crippen molar-refractivity contribution in [2.45, 2.75) is 13.8 Å². The van der Waals surface area contributed by atoms with Crippen LogP contribution >= 0.6 is 0 Å². The van der Waals surface area contributed by atoms with Crippen molar-refractivity contribution >= 4 is 22.8 Å². The molecule has 0 atom stereocenters. The zero-order chi connectivity index (χ0) is 24.9. The van der Waals surface area contributed by atoms with Crippen molar-refractivity contribution in [3.05, 3.63) is 71.7 Å². The number of aryl methyl sites for hydroxylation is 1. The summed E-state index contributed by atoms with van der Waals surface area (Å²) in [6.45, 7) is -0.975. The molecule has 6 nitrogen and oxygen atoms in total. The first kappa shape index (κ1) is 10.6. The van der Waals surface area contributed by atoms with E-state index in [-0.39, 0.29) is 5.95 Å². The average molecular weight is 364 g/mol. The fraction of sp³-hybridized carbons (Fsp3) is 0.143. The van der Waals surface area contributed by atoms with Crippen molar-refractivity contribution < 1.29 is 14.4 Å². The molecule has 0 aliphatic heterocycles. The van der Waals surface area contributed by atoms with Crippen molar-refractivity contribution in [2.75, 3.05) is 5.32 Å². The van der Waals surface area contributed by atoms with Crippen LogP contribution in [0.1, 0.15) is 31.3 Å². The zero-order valence-corrected chi connectivity index (χ0v) is 14.6. The van der Waals surface area contributed by atoms with Gasteiger partial charge in [0, 0.05) is 33.9 Å². The molecule has 0 aliphatic carbocycles. The highest BCUT2D eigenvalue weighted by Gasteiger charge is 2.10. The van der Waals surface area contributed by atoms with Crippen molar-refractivity contribution in [3.8, 4) is 11.3 Å². The standard InChI is InChI=1S/C21H19N5O/c1-13-4-6-15(7-5-13)20(27)25-21-23-11-17-9-8-16(10-18(17)24-21)19-12-22-14(2)26(19)3/h4-12H,1-3H3,(H,23,24,25,27)/i1D3,4D,5D,6D,7D. The van der Waals surface area contributed by atoms with Gasteiger partial charge in [-0.3, -0.25) is 10.1 Å². The molecule has 4 rings (SSSR count). The summed E-state index contributed by atoms with van der Waals surface area (Å²) in [7, 11) is 1.89. The van der Waals surface area contributed by atoms with Gasteiger partial charge in [-0.2, -0.15) is 0 Å². The molecule has 2 aromatic carbocycles. The molecule has 0 unspecified atom stereocenters. The number of amides is 1. The Kier molecular flexibility index (Phi) is 2.60. The number of anilines is 1. The van der Waals surface area contributed by atoms with Gasteiger partial charge in [0.15, 0.2) is 0 Å². The number of hydrogen-bond acceptors (Lipinski definition) is 4. The third kappa shape index (κ3) is 3.29. The minimum Gasteiger partial charge on any atom is -0.331 e. The Hall–Kier alpha value is -3.54. The van der Waals surface area contributed by atoms with E-state index in [2.05, 4.69) is 20.3 Å². The molecular weight excluding hydrogens is 338 g/mol. The summed E-state index contributed by atoms with van der Waals surface area (Å²) in [6.07, 6.45) is 3.24. The van der Waals surface area contributed by atoms with E-state index in [1.807, 2.05) is 36.7 Å². The number of carbonyl (C=O) groups is 1. The molecule has 0 fully saturated rings. The van der Waals surface area contributed by atoms with Crippen LogP contribution in [0.3, 0.4) is 0 Å². The molecule has 0 aliphatic rings. The molecule has 27 heavy (non-hydrogen) atoms. The second kappa shape index (κ2) is 6.64. The van der Waals surface area contributed by atoms with Crippen LogP contribution in [-0.2, 0) is 7.05 Å². The third-order valence-electron chi connectivity index (χ3n) is 4.18. The lowest BCUT2D eigenvalue weighted by atomic mass is 10.1. The van der Waals surface area contributed by atoms with Crippen molar-refractivity contribution in [1.82, 2.24) is 19.5 Å². The van der Waals surface area contributed by atoms with Crippen LogP contribution in [0.15, 0.2) is 54.8 Å². The topological polar surface area (TPSA) is 72.7 Å². The first-order chi connectivity index (χ1) is 15.9. The van der Waals surface area contributed by atoms with E-state index in [0.717, 1.165) is 17.1 Å². The second-order valence-corrected chi connectivity index (χ2v) is 5.92. The molecule has 0 saturated heterocycles. The van der Waals surface area contributed by atoms with Gasteiger partial charge < -0.3 is 4.57 Å². The molecule has 0 saturated carbocycles. The SMILES string of the molecule is [2H]c1c([2H])c(C([2H])([2H])[2H])c([2H])c([2H])c1C(=O)Nc1ncc2ccc(-c3cnc(C)n3C)cc2n1. The Morgan fingerprint density at radius 3 is 2.70 bits per heavy atom. The molecule has 134 valence electrons. The van der Waals surface area contributed by atoms with Crippen molar-refractivity contribution in [1.29, 1.82) is 0 Å². The number of imidazole rings is 1. The van der Waals surface area contributed by atoms with Gasteiger partial charge in [-0.1, -0.05) is 29.8 Å². The van der Waals surface area contributed by atoms with E-state index >= 15 is 0 Å². The maximum absolute atomic E-state index is 12.8. The van der Waals surface area contributed by atoms with Crippen LogP contribution in [0.5, 0.6) is 0 Å². The van der Waals surface area contributed by atoms with Gasteiger partial charge in [0.2, 0.25) is 5.95 Å². The summed E-state index contributed by atoms with van der Waals surface area (Å²) in [6, 6.07) is 2.46. The Morgan fingerprint density at radius 2 is 2.00 bits per heavy atom. The smallest absolute Gasteiger partial charge is 0.258 e. The highest BCUT2D eigenvalue weighted by Crippen LogP contribution is 2.24. The van der Waals surface area contributed by atoms with Crippen LogP contribution in [0, 0.1) is 13.8 Å². The zero-order valence-electron chi connectivity index (χ0n) is 21.6. The van der Waals surface area contributed by atoms with Crippen LogP contribution < -0.4 is 5.32 Å². The number of aromatic nitrogens is 4. The monoisotopic (exact) mass is 364 g/mol. The molecule has 1 amide bonds. The lowest BCUT2D eigenvalue weighted by Crippen LogP contribution is -2.14. The Morgan fingerprint density at radius 1 is 1.19 bits per heavy atom. The average Bonchev–Trinajstić information content (AvgIpc) is 3.09. The van der Waals surface area contributed by atoms with Gasteiger partial charge in [0.05, 0.1) is 22.9 Å². The van der Waals surface area contributed by atoms with Gasteiger partial charge in [-0.25, -0.2) is 15.0 Å². The lowest BCUT2D eigenvalue weighted by Gasteiger charge is -2.07. The molecule has 6 heteroatoms. The minimum atomic E-state index is -2.86. The number of fused-ring (bicyclic) bond motifs is 1. The predicted molar refractivity (Wildman–Crippen MR) is 106 cm³/mol. The van der Waals surface area contributed by atoms with E-state index in [4.69, 9.17) is 9.60 Å². The van der Waals surface area contributed by atoms with Crippen LogP contribution in [0.2, 0.25) is 0 Å². The minimum absolute atomic E-state index is 0.104. The number of rotatable bonds is 3. The fourth-order valence-corrected chi connectivity index (χ4v) is 2.60. The predicted octanol–water partition coefficient (Wildman–Crippen LogP) is 3.90. The molecular formula is C21H19N5O. The quantitative estimate of drug-likeness (QED) is 0.598. The Balaban J connectivity index is 1.72. The number of carbonyl (C=O) groups excluding carboxylic acids is 1. The molecule has 0 bridgehead atoms. The van der Waals surface area contributed by atoms with E-state index in [1.165, 1.54) is 6.20 Å². The fourth-order valence-electron chi connectivity index (χ4n) is 2.60. The van der Waals surface area contributed by atoms with E-state index in [9.17, 15) is 4.79 Å². The van der Waals surface area contributed by atoms with Gasteiger partial charge in [-0.15, -0.1) is 0 Å². The number of hydrogen-bond donors (Lipinski definition) is 1. The summed E-state index contributed by atoms with van der Waals surface area (Å²) in [5.41, 5.74) is 0.928. The van der Waals surface area contributed by atoms with Crippen LogP contribution in [-0.4, -0.2) is 25.4 Å². The molecule has 1 N–H and O–H groups in total. The number of benzene rings is 2. The maximum Gasteiger partial charge on any atom is 0.258 e. The Bertz CT molecular complexity index is 1430. The van der Waals surface area contributed by atoms with Gasteiger partial charge in [-0.05, 0) is 31.9 Å². The summed E-state index contributed by atoms with van der Waals surface area (Å²) in [5, 5.41) is 3.11. The molecule has 2 aromatic heterocycles. The summed E-state index contributed by atoms with van der Waals surface area (Å²) < 4.78 is 56.4. The highest BCUT2D eigenvalue weighted by atomic mass is 16.1. The number of nitrogens with one attached hydrogen (secondary N) is 1. The highest BCUT2D eigenvalue weighted by molar-refractivity contribution is 6.03. The van der Waals surface area contributed by atoms with Crippen molar-refractivity contribution in [3.63, 3.8) is 0 Å². The van der Waals surface area contributed by atoms with Gasteiger partial charge in [0.1, 0.15) is 5.82 Å². The van der Waals surface area contributed by atoms with Crippen LogP contribution in [0.25, 0.3) is 22.2 Å². The second-order valence-electron chi connectivity index (χ2n) is 5.92. The largest absolute Gasteiger partial charge is 0.331 e. The van der Waals surface area contributed by atoms with E-state index in [1.54, 1.807) is 6.20 Å². The van der Waals surface area contributed by atoms with Gasteiger partial charge >= 0.3 is 0 Å². The molecule has 4 aromatic rings. The van der Waals surface area contributed by atoms with Gasteiger partial charge in [0.25, 0.3) is 5.91 Å². The summed E-state index contributed by atoms with van der Waals surface area (Å²) >= 11 is 0. The first-order valence-corrected chi connectivity index (χ1v) is 8.07. The maximum atomic E-state index is 12.8. The first-order valence-electron chi connectivity index (χ1n) is 11.6. The van der Waals surface area contributed by atoms with Crippen LogP contribution in [0.4, 0.5) is 5.95 Å². The molecule has 0 spiro atoms. The van der Waals surface area contributed by atoms with E-state index < -0.39 is 48.1 Å². The Labute approximate surface area is 166 Å². The third-order valence-corrected chi connectivity index (χ3v) is 4.18. The number of nitrogens with zero attached hydrogens (tertiary/aromatic N) is 4. The summed E-state index contributed by atoms with van der Waals surface area (Å²) in [4.78, 5) is 25.6.